The second-order valence-corrected chi connectivity index (χ2v) is 5.78. The second-order valence-electron chi connectivity index (χ2n) is 5.78. The Morgan fingerprint density at radius 2 is 1.35 bits per heavy atom. The van der Waals surface area contributed by atoms with Gasteiger partial charge in [0, 0.05) is 18.2 Å². The van der Waals surface area contributed by atoms with Gasteiger partial charge in [-0.25, -0.2) is 14.4 Å². The van der Waals surface area contributed by atoms with Crippen LogP contribution in [0, 0.1) is 0 Å². The fourth-order valence-electron chi connectivity index (χ4n) is 2.29. The number of allylic oxidation sites excluding steroid dienone is 1. The Bertz CT molecular complexity index is 1090. The number of ether oxygens (including phenoxy) is 3. The van der Waals surface area contributed by atoms with Gasteiger partial charge in [0.1, 0.15) is 5.75 Å². The summed E-state index contributed by atoms with van der Waals surface area (Å²) in [6.45, 7) is 9.94. The Kier molecular flexibility index (Phi) is 7.98. The summed E-state index contributed by atoms with van der Waals surface area (Å²) in [5.41, 5.74) is 0.552. The lowest BCUT2D eigenvalue weighted by molar-refractivity contribution is -0.131. The maximum atomic E-state index is 12.8. The van der Waals surface area contributed by atoms with Crippen LogP contribution >= 0.6 is 0 Å². The van der Waals surface area contributed by atoms with E-state index in [-0.39, 0.29) is 22.8 Å². The zero-order valence-corrected chi connectivity index (χ0v) is 16.4. The molecule has 0 saturated heterocycles. The van der Waals surface area contributed by atoms with Crippen molar-refractivity contribution in [3.05, 3.63) is 97.6 Å². The van der Waals surface area contributed by atoms with Crippen molar-refractivity contribution in [3.63, 3.8) is 0 Å². The summed E-state index contributed by atoms with van der Waals surface area (Å²) in [6.07, 6.45) is 5.58. The molecule has 31 heavy (non-hydrogen) atoms. The van der Waals surface area contributed by atoms with Crippen LogP contribution < -0.4 is 14.2 Å². The van der Waals surface area contributed by atoms with E-state index in [9.17, 15) is 19.2 Å². The van der Waals surface area contributed by atoms with Gasteiger partial charge in [-0.2, -0.15) is 0 Å². The summed E-state index contributed by atoms with van der Waals surface area (Å²) >= 11 is 0. The summed E-state index contributed by atoms with van der Waals surface area (Å²) in [6, 6.07) is 10.7. The van der Waals surface area contributed by atoms with Crippen LogP contribution in [0.1, 0.15) is 15.9 Å². The third kappa shape index (κ3) is 6.50. The Morgan fingerprint density at radius 3 is 2.03 bits per heavy atom. The number of hydrogen-bond acceptors (Lipinski definition) is 7. The Balaban J connectivity index is 2.35. The van der Waals surface area contributed by atoms with Crippen molar-refractivity contribution in [2.24, 2.45) is 0 Å². The first kappa shape index (κ1) is 22.8. The topological polar surface area (TPSA) is 96.0 Å². The molecule has 0 aromatic heterocycles. The van der Waals surface area contributed by atoms with Crippen LogP contribution in [0.3, 0.4) is 0 Å². The molecule has 156 valence electrons. The predicted octanol–water partition coefficient (Wildman–Crippen LogP) is 3.86. The van der Waals surface area contributed by atoms with E-state index in [0.29, 0.717) is 5.56 Å². The molecule has 0 saturated carbocycles. The van der Waals surface area contributed by atoms with Crippen LogP contribution in [0.5, 0.6) is 17.2 Å². The molecule has 2 rings (SSSR count). The van der Waals surface area contributed by atoms with Gasteiger partial charge in [0.15, 0.2) is 17.3 Å². The van der Waals surface area contributed by atoms with Gasteiger partial charge in [-0.1, -0.05) is 44.0 Å². The van der Waals surface area contributed by atoms with Crippen molar-refractivity contribution in [2.45, 2.75) is 0 Å². The highest BCUT2D eigenvalue weighted by molar-refractivity contribution is 6.09. The van der Waals surface area contributed by atoms with Crippen molar-refractivity contribution in [2.75, 3.05) is 0 Å². The molecule has 7 nitrogen and oxygen atoms in total. The van der Waals surface area contributed by atoms with Gasteiger partial charge in [0.25, 0.3) is 0 Å². The third-order valence-corrected chi connectivity index (χ3v) is 3.66. The average molecular weight is 418 g/mol. The van der Waals surface area contributed by atoms with Crippen LogP contribution in [-0.2, 0) is 14.4 Å². The molecule has 0 bridgehead atoms. The minimum absolute atomic E-state index is 0.0185. The molecular weight excluding hydrogens is 400 g/mol. The second kappa shape index (κ2) is 10.9. The lowest BCUT2D eigenvalue weighted by atomic mass is 10.1. The fraction of sp³-hybridized carbons (Fsp3) is 0. The minimum Gasteiger partial charge on any atom is -0.423 e. The van der Waals surface area contributed by atoms with Crippen molar-refractivity contribution in [1.82, 2.24) is 0 Å². The van der Waals surface area contributed by atoms with Gasteiger partial charge < -0.3 is 14.2 Å². The Morgan fingerprint density at radius 1 is 0.742 bits per heavy atom. The highest BCUT2D eigenvalue weighted by Gasteiger charge is 2.19. The first-order valence-electron chi connectivity index (χ1n) is 8.86. The SMILES string of the molecule is C=CC(=O)Oc1cccc(/C=C/C(=O)c2cccc(OC(=O)C=C)c2OC(=O)C=C)c1. The zero-order chi connectivity index (χ0) is 22.8. The number of carbonyl (C=O) groups excluding carboxylic acids is 4. The summed E-state index contributed by atoms with van der Waals surface area (Å²) in [5.74, 6) is -2.85. The van der Waals surface area contributed by atoms with E-state index < -0.39 is 23.7 Å². The van der Waals surface area contributed by atoms with Gasteiger partial charge in [-0.05, 0) is 35.9 Å². The quantitative estimate of drug-likeness (QED) is 0.264. The van der Waals surface area contributed by atoms with E-state index in [1.807, 2.05) is 0 Å². The molecule has 2 aromatic carbocycles. The van der Waals surface area contributed by atoms with E-state index in [4.69, 9.17) is 14.2 Å². The summed E-state index contributed by atoms with van der Waals surface area (Å²) in [4.78, 5) is 47.4. The first-order valence-corrected chi connectivity index (χ1v) is 8.86. The largest absolute Gasteiger partial charge is 0.423 e. The van der Waals surface area contributed by atoms with Gasteiger partial charge in [-0.3, -0.25) is 4.79 Å². The van der Waals surface area contributed by atoms with Crippen molar-refractivity contribution < 1.29 is 33.4 Å². The van der Waals surface area contributed by atoms with Gasteiger partial charge in [0.2, 0.25) is 0 Å². The maximum Gasteiger partial charge on any atom is 0.335 e. The molecule has 0 aliphatic rings. The van der Waals surface area contributed by atoms with Crippen molar-refractivity contribution >= 4 is 29.8 Å². The molecule has 0 unspecified atom stereocenters. The van der Waals surface area contributed by atoms with E-state index >= 15 is 0 Å². The van der Waals surface area contributed by atoms with Crippen molar-refractivity contribution in [1.29, 1.82) is 0 Å². The van der Waals surface area contributed by atoms with Gasteiger partial charge >= 0.3 is 17.9 Å². The molecule has 0 radical (unpaired) electrons. The number of ketones is 1. The van der Waals surface area contributed by atoms with E-state index in [2.05, 4.69) is 19.7 Å². The zero-order valence-electron chi connectivity index (χ0n) is 16.4. The molecule has 2 aromatic rings. The van der Waals surface area contributed by atoms with Gasteiger partial charge in [-0.15, -0.1) is 0 Å². The lowest BCUT2D eigenvalue weighted by Gasteiger charge is -2.11. The number of rotatable bonds is 9. The maximum absolute atomic E-state index is 12.8. The summed E-state index contributed by atoms with van der Waals surface area (Å²) in [7, 11) is 0. The van der Waals surface area contributed by atoms with E-state index in [1.165, 1.54) is 30.4 Å². The predicted molar refractivity (Wildman–Crippen MR) is 114 cm³/mol. The Labute approximate surface area is 178 Å². The Hall–Kier alpha value is -4.52. The number of para-hydroxylation sites is 1. The molecule has 7 heteroatoms. The molecule has 0 aliphatic carbocycles. The molecule has 0 N–H and O–H groups in total. The van der Waals surface area contributed by atoms with Crippen molar-refractivity contribution in [3.8, 4) is 17.2 Å². The molecule has 0 spiro atoms. The third-order valence-electron chi connectivity index (χ3n) is 3.66. The van der Waals surface area contributed by atoms with E-state index in [0.717, 1.165) is 18.2 Å². The average Bonchev–Trinajstić information content (AvgIpc) is 2.78. The van der Waals surface area contributed by atoms with Crippen LogP contribution in [0.4, 0.5) is 0 Å². The van der Waals surface area contributed by atoms with Crippen LogP contribution in [0.15, 0.2) is 86.5 Å². The smallest absolute Gasteiger partial charge is 0.335 e. The number of carbonyl (C=O) groups is 4. The van der Waals surface area contributed by atoms with Gasteiger partial charge in [0.05, 0.1) is 5.56 Å². The summed E-state index contributed by atoms with van der Waals surface area (Å²) in [5, 5.41) is 0. The molecule has 0 heterocycles. The minimum atomic E-state index is -0.836. The number of benzene rings is 2. The van der Waals surface area contributed by atoms with Crippen LogP contribution in [-0.4, -0.2) is 23.7 Å². The number of hydrogen-bond donors (Lipinski definition) is 0. The van der Waals surface area contributed by atoms with Crippen LogP contribution in [0.25, 0.3) is 6.08 Å². The fourth-order valence-corrected chi connectivity index (χ4v) is 2.29. The first-order chi connectivity index (χ1) is 14.9. The van der Waals surface area contributed by atoms with E-state index in [1.54, 1.807) is 24.3 Å². The summed E-state index contributed by atoms with van der Waals surface area (Å²) < 4.78 is 15.2. The molecule has 0 amide bonds. The monoisotopic (exact) mass is 418 g/mol. The molecule has 0 fully saturated rings. The molecule has 0 aliphatic heterocycles. The number of esters is 3. The molecule has 0 atom stereocenters. The standard InChI is InChI=1S/C24H18O7/c1-4-21(26)29-17-10-7-9-16(15-17)13-14-19(25)18-11-8-12-20(30-22(27)5-2)24(18)31-23(28)6-3/h4-15H,1-3H2/b14-13+. The van der Waals surface area contributed by atoms with Crippen LogP contribution in [0.2, 0.25) is 0 Å². The lowest BCUT2D eigenvalue weighted by Crippen LogP contribution is -2.11. The highest BCUT2D eigenvalue weighted by Crippen LogP contribution is 2.32. The normalized spacial score (nSPS) is 10.1. The molecular formula is C24H18O7. The highest BCUT2D eigenvalue weighted by atomic mass is 16.6.